The minimum absolute atomic E-state index is 0.00982. The monoisotopic (exact) mass is 212 g/mol. The van der Waals surface area contributed by atoms with E-state index >= 15 is 0 Å². The van der Waals surface area contributed by atoms with Crippen molar-refractivity contribution in [3.05, 3.63) is 0 Å². The molecule has 4 nitrogen and oxygen atoms in total. The third-order valence-corrected chi connectivity index (χ3v) is 2.72. The molecule has 1 aliphatic rings. The fourth-order valence-electron chi connectivity index (χ4n) is 1.85. The molecule has 0 spiro atoms. The van der Waals surface area contributed by atoms with E-state index < -0.39 is 0 Å². The molecule has 0 bridgehead atoms. The van der Waals surface area contributed by atoms with Crippen molar-refractivity contribution in [3.63, 3.8) is 0 Å². The lowest BCUT2D eigenvalue weighted by molar-refractivity contribution is -0.138. The quantitative estimate of drug-likeness (QED) is 0.693. The zero-order valence-electron chi connectivity index (χ0n) is 9.66. The van der Waals surface area contributed by atoms with Crippen LogP contribution in [0.15, 0.2) is 0 Å². The summed E-state index contributed by atoms with van der Waals surface area (Å²) in [5, 5.41) is 0. The van der Waals surface area contributed by atoms with Gasteiger partial charge < -0.3 is 9.80 Å². The van der Waals surface area contributed by atoms with Crippen LogP contribution < -0.4 is 0 Å². The van der Waals surface area contributed by atoms with Gasteiger partial charge in [0.15, 0.2) is 0 Å². The third kappa shape index (κ3) is 3.53. The van der Waals surface area contributed by atoms with Gasteiger partial charge in [-0.2, -0.15) is 0 Å². The van der Waals surface area contributed by atoms with Gasteiger partial charge in [-0.25, -0.2) is 0 Å². The van der Waals surface area contributed by atoms with Gasteiger partial charge in [-0.3, -0.25) is 9.59 Å². The third-order valence-electron chi connectivity index (χ3n) is 2.72. The van der Waals surface area contributed by atoms with E-state index in [1.54, 1.807) is 4.90 Å². The molecule has 0 N–H and O–H groups in total. The first-order valence-corrected chi connectivity index (χ1v) is 5.68. The van der Waals surface area contributed by atoms with Crippen molar-refractivity contribution < 1.29 is 9.59 Å². The number of nitrogens with zero attached hydrogens (tertiary/aromatic N) is 2. The maximum atomic E-state index is 11.8. The highest BCUT2D eigenvalue weighted by Crippen LogP contribution is 2.08. The van der Waals surface area contributed by atoms with E-state index in [0.29, 0.717) is 6.54 Å². The second kappa shape index (κ2) is 5.73. The van der Waals surface area contributed by atoms with Crippen molar-refractivity contribution in [2.75, 3.05) is 26.2 Å². The summed E-state index contributed by atoms with van der Waals surface area (Å²) in [5.41, 5.74) is 0. The molecule has 1 rings (SSSR count). The van der Waals surface area contributed by atoms with E-state index in [-0.39, 0.29) is 18.4 Å². The van der Waals surface area contributed by atoms with Crippen LogP contribution in [0.4, 0.5) is 0 Å². The van der Waals surface area contributed by atoms with Gasteiger partial charge in [0.25, 0.3) is 0 Å². The van der Waals surface area contributed by atoms with E-state index in [1.807, 2.05) is 11.8 Å². The predicted octanol–water partition coefficient (Wildman–Crippen LogP) is 0.867. The Morgan fingerprint density at radius 3 is 2.33 bits per heavy atom. The average Bonchev–Trinajstić information content (AvgIpc) is 2.69. The van der Waals surface area contributed by atoms with Crippen LogP contribution in [-0.4, -0.2) is 47.8 Å². The summed E-state index contributed by atoms with van der Waals surface area (Å²) in [4.78, 5) is 26.5. The Balaban J connectivity index is 2.42. The molecule has 15 heavy (non-hydrogen) atoms. The highest BCUT2D eigenvalue weighted by Gasteiger charge is 2.20. The Morgan fingerprint density at radius 2 is 1.87 bits per heavy atom. The van der Waals surface area contributed by atoms with Crippen LogP contribution in [0, 0.1) is 0 Å². The molecule has 0 aromatic rings. The second-order valence-electron chi connectivity index (χ2n) is 4.03. The van der Waals surface area contributed by atoms with Crippen LogP contribution in [0.5, 0.6) is 0 Å². The van der Waals surface area contributed by atoms with Crippen molar-refractivity contribution in [2.45, 2.75) is 33.1 Å². The van der Waals surface area contributed by atoms with E-state index in [4.69, 9.17) is 0 Å². The molecule has 0 aromatic heterocycles. The molecule has 1 fully saturated rings. The molecule has 0 saturated carbocycles. The average molecular weight is 212 g/mol. The minimum Gasteiger partial charge on any atom is -0.341 e. The van der Waals surface area contributed by atoms with Crippen molar-refractivity contribution in [3.8, 4) is 0 Å². The maximum absolute atomic E-state index is 11.8. The van der Waals surface area contributed by atoms with Crippen molar-refractivity contribution in [1.29, 1.82) is 0 Å². The minimum atomic E-state index is -0.00982. The van der Waals surface area contributed by atoms with Gasteiger partial charge in [0.2, 0.25) is 11.8 Å². The Labute approximate surface area is 91.2 Å². The smallest absolute Gasteiger partial charge is 0.242 e. The van der Waals surface area contributed by atoms with Crippen molar-refractivity contribution in [2.24, 2.45) is 0 Å². The van der Waals surface area contributed by atoms with E-state index in [2.05, 4.69) is 0 Å². The standard InChI is InChI=1S/C11H20N2O2/c1-3-6-13(10(2)14)9-11(15)12-7-4-5-8-12/h3-9H2,1-2H3. The maximum Gasteiger partial charge on any atom is 0.242 e. The van der Waals surface area contributed by atoms with Gasteiger partial charge in [-0.15, -0.1) is 0 Å². The number of hydrogen-bond donors (Lipinski definition) is 0. The summed E-state index contributed by atoms with van der Waals surface area (Å²) in [7, 11) is 0. The van der Waals surface area contributed by atoms with Gasteiger partial charge >= 0.3 is 0 Å². The molecule has 4 heteroatoms. The fourth-order valence-corrected chi connectivity index (χ4v) is 1.85. The zero-order valence-corrected chi connectivity index (χ0v) is 9.66. The largest absolute Gasteiger partial charge is 0.341 e. The molecule has 1 saturated heterocycles. The van der Waals surface area contributed by atoms with E-state index in [9.17, 15) is 9.59 Å². The first-order chi connectivity index (χ1) is 7.15. The Hall–Kier alpha value is -1.06. The highest BCUT2D eigenvalue weighted by molar-refractivity contribution is 5.83. The van der Waals surface area contributed by atoms with E-state index in [1.165, 1.54) is 6.92 Å². The molecule has 1 heterocycles. The first kappa shape index (κ1) is 12.0. The number of likely N-dealkylation sites (tertiary alicyclic amines) is 1. The topological polar surface area (TPSA) is 40.6 Å². The summed E-state index contributed by atoms with van der Waals surface area (Å²) in [6.45, 7) is 6.18. The highest BCUT2D eigenvalue weighted by atomic mass is 16.2. The molecule has 0 aliphatic carbocycles. The molecule has 1 aliphatic heterocycles. The molecule has 0 aromatic carbocycles. The summed E-state index contributed by atoms with van der Waals surface area (Å²) < 4.78 is 0. The second-order valence-corrected chi connectivity index (χ2v) is 4.03. The Bertz CT molecular complexity index is 235. The molecule has 2 amide bonds. The zero-order chi connectivity index (χ0) is 11.3. The summed E-state index contributed by atoms with van der Waals surface area (Å²) >= 11 is 0. The van der Waals surface area contributed by atoms with Gasteiger partial charge in [0.1, 0.15) is 0 Å². The number of amides is 2. The normalized spacial score (nSPS) is 15.5. The lowest BCUT2D eigenvalue weighted by Gasteiger charge is -2.23. The van der Waals surface area contributed by atoms with Crippen LogP contribution in [-0.2, 0) is 9.59 Å². The summed E-state index contributed by atoms with van der Waals surface area (Å²) in [6.07, 6.45) is 3.09. The fraction of sp³-hybridized carbons (Fsp3) is 0.818. The van der Waals surface area contributed by atoms with E-state index in [0.717, 1.165) is 32.4 Å². The van der Waals surface area contributed by atoms with Gasteiger partial charge in [-0.1, -0.05) is 6.92 Å². The molecule has 86 valence electrons. The van der Waals surface area contributed by atoms with Crippen molar-refractivity contribution >= 4 is 11.8 Å². The van der Waals surface area contributed by atoms with Gasteiger partial charge in [0.05, 0.1) is 6.54 Å². The van der Waals surface area contributed by atoms with Crippen LogP contribution in [0.25, 0.3) is 0 Å². The van der Waals surface area contributed by atoms with Gasteiger partial charge in [0, 0.05) is 26.6 Å². The molecular formula is C11H20N2O2. The summed E-state index contributed by atoms with van der Waals surface area (Å²) in [5.74, 6) is 0.0838. The number of carbonyl (C=O) groups is 2. The SMILES string of the molecule is CCCN(CC(=O)N1CCCC1)C(C)=O. The number of hydrogen-bond acceptors (Lipinski definition) is 2. The van der Waals surface area contributed by atoms with Crippen LogP contribution in [0.3, 0.4) is 0 Å². The first-order valence-electron chi connectivity index (χ1n) is 5.68. The van der Waals surface area contributed by atoms with Crippen LogP contribution >= 0.6 is 0 Å². The van der Waals surface area contributed by atoms with Crippen LogP contribution in [0.1, 0.15) is 33.1 Å². The number of rotatable bonds is 4. The Morgan fingerprint density at radius 1 is 1.27 bits per heavy atom. The molecule has 0 atom stereocenters. The molecule has 0 radical (unpaired) electrons. The predicted molar refractivity (Wildman–Crippen MR) is 58.4 cm³/mol. The lowest BCUT2D eigenvalue weighted by atomic mass is 10.3. The molecule has 0 unspecified atom stereocenters. The summed E-state index contributed by atoms with van der Waals surface area (Å²) in [6, 6.07) is 0. The molecular weight excluding hydrogens is 192 g/mol. The van der Waals surface area contributed by atoms with Crippen molar-refractivity contribution in [1.82, 2.24) is 9.80 Å². The van der Waals surface area contributed by atoms with Crippen LogP contribution in [0.2, 0.25) is 0 Å². The lowest BCUT2D eigenvalue weighted by Crippen LogP contribution is -2.41. The van der Waals surface area contributed by atoms with Gasteiger partial charge in [-0.05, 0) is 19.3 Å². The Kier molecular flexibility index (Phi) is 4.59. The number of carbonyl (C=O) groups excluding carboxylic acids is 2.